The Balaban J connectivity index is 2.53. The number of para-hydroxylation sites is 1. The van der Waals surface area contributed by atoms with Gasteiger partial charge in [0, 0.05) is 12.2 Å². The smallest absolute Gasteiger partial charge is 0.103 e. The average Bonchev–Trinajstić information content (AvgIpc) is 2.41. The van der Waals surface area contributed by atoms with Crippen molar-refractivity contribution in [3.05, 3.63) is 59.1 Å². The predicted molar refractivity (Wildman–Crippen MR) is 75.3 cm³/mol. The van der Waals surface area contributed by atoms with Gasteiger partial charge in [0.2, 0.25) is 0 Å². The molecule has 0 aliphatic carbocycles. The molecule has 3 heteroatoms. The highest BCUT2D eigenvalue weighted by molar-refractivity contribution is 6.32. The van der Waals surface area contributed by atoms with Gasteiger partial charge in [0.15, 0.2) is 0 Å². The maximum atomic E-state index is 9.23. The van der Waals surface area contributed by atoms with E-state index >= 15 is 0 Å². The van der Waals surface area contributed by atoms with Gasteiger partial charge in [-0.05, 0) is 31.2 Å². The van der Waals surface area contributed by atoms with Crippen molar-refractivity contribution in [2.24, 2.45) is 0 Å². The maximum Gasteiger partial charge on any atom is 0.103 e. The number of hydrogen-bond donors (Lipinski definition) is 0. The normalized spacial score (nSPS) is 9.83. The lowest BCUT2D eigenvalue weighted by Crippen LogP contribution is -2.17. The van der Waals surface area contributed by atoms with Crippen LogP contribution in [0, 0.1) is 11.3 Å². The van der Waals surface area contributed by atoms with Crippen molar-refractivity contribution in [2.45, 2.75) is 6.92 Å². The van der Waals surface area contributed by atoms with Crippen LogP contribution in [0.5, 0.6) is 0 Å². The third-order valence-corrected chi connectivity index (χ3v) is 3.09. The van der Waals surface area contributed by atoms with Crippen LogP contribution in [0.4, 0.5) is 11.4 Å². The van der Waals surface area contributed by atoms with E-state index in [4.69, 9.17) is 11.6 Å². The van der Waals surface area contributed by atoms with Gasteiger partial charge in [-0.15, -0.1) is 0 Å². The number of nitrogens with zero attached hydrogens (tertiary/aromatic N) is 2. The number of halogens is 1. The molecule has 0 aromatic heterocycles. The lowest BCUT2D eigenvalue weighted by molar-refractivity contribution is 1.02. The summed E-state index contributed by atoms with van der Waals surface area (Å²) >= 11 is 6.07. The van der Waals surface area contributed by atoms with E-state index in [0.717, 1.165) is 17.9 Å². The van der Waals surface area contributed by atoms with E-state index in [2.05, 4.69) is 17.9 Å². The molecule has 0 heterocycles. The molecular weight excluding hydrogens is 244 g/mol. The monoisotopic (exact) mass is 256 g/mol. The molecular formula is C15H13ClN2. The minimum atomic E-state index is 0.490. The van der Waals surface area contributed by atoms with E-state index in [9.17, 15) is 5.26 Å². The standard InChI is InChI=1S/C15H13ClN2/c1-2-18(12-7-4-3-5-8-12)15-10-6-9-14(16)13(15)11-17/h3-10H,2H2,1H3. The number of anilines is 2. The zero-order valence-corrected chi connectivity index (χ0v) is 10.9. The summed E-state index contributed by atoms with van der Waals surface area (Å²) in [5.41, 5.74) is 2.42. The first-order chi connectivity index (χ1) is 8.77. The highest BCUT2D eigenvalue weighted by Gasteiger charge is 2.13. The topological polar surface area (TPSA) is 27.0 Å². The van der Waals surface area contributed by atoms with Crippen LogP contribution in [0.25, 0.3) is 0 Å². The number of nitriles is 1. The molecule has 0 amide bonds. The van der Waals surface area contributed by atoms with Crippen molar-refractivity contribution < 1.29 is 0 Å². The summed E-state index contributed by atoms with van der Waals surface area (Å²) < 4.78 is 0. The minimum absolute atomic E-state index is 0.490. The lowest BCUT2D eigenvalue weighted by Gasteiger charge is -2.24. The highest BCUT2D eigenvalue weighted by atomic mass is 35.5. The van der Waals surface area contributed by atoms with E-state index in [1.165, 1.54) is 0 Å². The summed E-state index contributed by atoms with van der Waals surface area (Å²) in [6.07, 6.45) is 0. The maximum absolute atomic E-state index is 9.23. The summed E-state index contributed by atoms with van der Waals surface area (Å²) in [5.74, 6) is 0. The predicted octanol–water partition coefficient (Wildman–Crippen LogP) is 4.37. The summed E-state index contributed by atoms with van der Waals surface area (Å²) in [7, 11) is 0. The second-order valence-electron chi connectivity index (χ2n) is 3.83. The van der Waals surface area contributed by atoms with Crippen LogP contribution in [-0.4, -0.2) is 6.54 Å². The first-order valence-corrected chi connectivity index (χ1v) is 6.17. The first-order valence-electron chi connectivity index (χ1n) is 5.79. The molecule has 18 heavy (non-hydrogen) atoms. The molecule has 0 saturated heterocycles. The van der Waals surface area contributed by atoms with Crippen molar-refractivity contribution in [1.29, 1.82) is 5.26 Å². The Morgan fingerprint density at radius 1 is 1.11 bits per heavy atom. The second kappa shape index (κ2) is 5.57. The van der Waals surface area contributed by atoms with Crippen LogP contribution >= 0.6 is 11.6 Å². The Kier molecular flexibility index (Phi) is 3.86. The van der Waals surface area contributed by atoms with E-state index < -0.39 is 0 Å². The zero-order valence-electron chi connectivity index (χ0n) is 10.1. The quantitative estimate of drug-likeness (QED) is 0.815. The fourth-order valence-electron chi connectivity index (χ4n) is 1.95. The number of benzene rings is 2. The van der Waals surface area contributed by atoms with Gasteiger partial charge >= 0.3 is 0 Å². The molecule has 0 radical (unpaired) electrons. The molecule has 0 saturated carbocycles. The largest absolute Gasteiger partial charge is 0.341 e. The van der Waals surface area contributed by atoms with Crippen molar-refractivity contribution in [3.8, 4) is 6.07 Å². The Hall–Kier alpha value is -1.98. The third kappa shape index (κ3) is 2.32. The van der Waals surface area contributed by atoms with Gasteiger partial charge in [0.1, 0.15) is 6.07 Å². The van der Waals surface area contributed by atoms with Gasteiger partial charge in [-0.25, -0.2) is 0 Å². The molecule has 0 unspecified atom stereocenters. The summed E-state index contributed by atoms with van der Waals surface area (Å²) in [5, 5.41) is 9.72. The van der Waals surface area contributed by atoms with Gasteiger partial charge < -0.3 is 4.90 Å². The molecule has 0 N–H and O–H groups in total. The highest BCUT2D eigenvalue weighted by Crippen LogP contribution is 2.31. The molecule has 2 aromatic carbocycles. The molecule has 2 rings (SSSR count). The van der Waals surface area contributed by atoms with Crippen LogP contribution in [0.15, 0.2) is 48.5 Å². The fraction of sp³-hybridized carbons (Fsp3) is 0.133. The first kappa shape index (κ1) is 12.5. The minimum Gasteiger partial charge on any atom is -0.341 e. The van der Waals surface area contributed by atoms with E-state index in [-0.39, 0.29) is 0 Å². The summed E-state index contributed by atoms with van der Waals surface area (Å²) in [6.45, 7) is 2.83. The Bertz CT molecular complexity index is 573. The second-order valence-corrected chi connectivity index (χ2v) is 4.23. The molecule has 0 aliphatic rings. The van der Waals surface area contributed by atoms with E-state index in [0.29, 0.717) is 10.6 Å². The molecule has 0 fully saturated rings. The van der Waals surface area contributed by atoms with Crippen molar-refractivity contribution in [3.63, 3.8) is 0 Å². The Morgan fingerprint density at radius 3 is 2.44 bits per heavy atom. The van der Waals surface area contributed by atoms with E-state index in [1.54, 1.807) is 6.07 Å². The Labute approximate surface area is 112 Å². The van der Waals surface area contributed by atoms with Gasteiger partial charge in [-0.2, -0.15) is 5.26 Å². The molecule has 2 nitrogen and oxygen atoms in total. The lowest BCUT2D eigenvalue weighted by atomic mass is 10.1. The average molecular weight is 257 g/mol. The molecule has 0 bridgehead atoms. The molecule has 2 aromatic rings. The summed E-state index contributed by atoms with van der Waals surface area (Å²) in [4.78, 5) is 2.07. The Morgan fingerprint density at radius 2 is 1.83 bits per heavy atom. The van der Waals surface area contributed by atoms with Crippen LogP contribution in [-0.2, 0) is 0 Å². The van der Waals surface area contributed by atoms with Crippen LogP contribution in [0.1, 0.15) is 12.5 Å². The molecule has 0 aliphatic heterocycles. The molecule has 0 atom stereocenters. The van der Waals surface area contributed by atoms with Crippen LogP contribution < -0.4 is 4.90 Å². The van der Waals surface area contributed by atoms with Gasteiger partial charge in [-0.3, -0.25) is 0 Å². The zero-order chi connectivity index (χ0) is 13.0. The fourth-order valence-corrected chi connectivity index (χ4v) is 2.16. The van der Waals surface area contributed by atoms with Gasteiger partial charge in [0.05, 0.1) is 16.3 Å². The molecule has 0 spiro atoms. The third-order valence-electron chi connectivity index (χ3n) is 2.78. The van der Waals surface area contributed by atoms with Crippen molar-refractivity contribution in [1.82, 2.24) is 0 Å². The molecule has 90 valence electrons. The van der Waals surface area contributed by atoms with Crippen LogP contribution in [0.2, 0.25) is 5.02 Å². The number of rotatable bonds is 3. The number of hydrogen-bond acceptors (Lipinski definition) is 2. The van der Waals surface area contributed by atoms with Gasteiger partial charge in [-0.1, -0.05) is 35.9 Å². The van der Waals surface area contributed by atoms with E-state index in [1.807, 2.05) is 42.5 Å². The summed E-state index contributed by atoms with van der Waals surface area (Å²) in [6, 6.07) is 17.7. The van der Waals surface area contributed by atoms with Gasteiger partial charge in [0.25, 0.3) is 0 Å². The van der Waals surface area contributed by atoms with Crippen molar-refractivity contribution >= 4 is 23.0 Å². The SMILES string of the molecule is CCN(c1ccccc1)c1cccc(Cl)c1C#N. The van der Waals surface area contributed by atoms with Crippen LogP contribution in [0.3, 0.4) is 0 Å². The van der Waals surface area contributed by atoms with Crippen molar-refractivity contribution in [2.75, 3.05) is 11.4 Å².